The van der Waals surface area contributed by atoms with Gasteiger partial charge in [-0.25, -0.2) is 0 Å². The van der Waals surface area contributed by atoms with Crippen LogP contribution in [0.25, 0.3) is 0 Å². The van der Waals surface area contributed by atoms with Crippen molar-refractivity contribution in [2.24, 2.45) is 11.8 Å². The molecule has 1 fully saturated rings. The molecule has 0 radical (unpaired) electrons. The minimum atomic E-state index is -0.595. The number of methoxy groups -OCH3 is 1. The van der Waals surface area contributed by atoms with Crippen LogP contribution in [-0.4, -0.2) is 58.6 Å². The summed E-state index contributed by atoms with van der Waals surface area (Å²) in [5.41, 5.74) is 0. The monoisotopic (exact) mass is 458 g/mol. The number of aryl methyl sites for hydroxylation is 1. The maximum Gasteiger partial charge on any atom is 0.0931 e. The Morgan fingerprint density at radius 3 is 2.70 bits per heavy atom. The van der Waals surface area contributed by atoms with Crippen LogP contribution >= 0.6 is 22.9 Å². The summed E-state index contributed by atoms with van der Waals surface area (Å²) in [6.45, 7) is 0.358. The van der Waals surface area contributed by atoms with Crippen LogP contribution in [0.15, 0.2) is 36.4 Å². The summed E-state index contributed by atoms with van der Waals surface area (Å²) in [6.07, 6.45) is 10.4. The lowest BCUT2D eigenvalue weighted by molar-refractivity contribution is 0.0582. The smallest absolute Gasteiger partial charge is 0.0931 e. The number of thiophene rings is 1. The Balaban J connectivity index is 1.77. The summed E-state index contributed by atoms with van der Waals surface area (Å²) < 4.78 is 5.66. The Kier molecular flexibility index (Phi) is 11.6. The normalized spacial score (nSPS) is 26.7. The molecule has 30 heavy (non-hydrogen) atoms. The second kappa shape index (κ2) is 13.6. The topological polar surface area (TPSA) is 90.2 Å². The van der Waals surface area contributed by atoms with E-state index in [1.165, 1.54) is 11.3 Å². The highest BCUT2D eigenvalue weighted by molar-refractivity contribution is 7.16. The highest BCUT2D eigenvalue weighted by Gasteiger charge is 2.39. The van der Waals surface area contributed by atoms with E-state index < -0.39 is 24.4 Å². The molecule has 4 N–H and O–H groups in total. The minimum absolute atomic E-state index is 0.0603. The van der Waals surface area contributed by atoms with Crippen molar-refractivity contribution in [1.82, 2.24) is 0 Å². The minimum Gasteiger partial charge on any atom is -0.393 e. The van der Waals surface area contributed by atoms with E-state index >= 15 is 0 Å². The van der Waals surface area contributed by atoms with E-state index in [9.17, 15) is 20.4 Å². The fourth-order valence-electron chi connectivity index (χ4n) is 3.95. The van der Waals surface area contributed by atoms with Crippen molar-refractivity contribution < 1.29 is 25.2 Å². The quantitative estimate of drug-likeness (QED) is 0.267. The molecule has 0 aliphatic heterocycles. The molecule has 6 atom stereocenters. The van der Waals surface area contributed by atoms with Crippen LogP contribution in [0.1, 0.15) is 43.4 Å². The van der Waals surface area contributed by atoms with Crippen molar-refractivity contribution in [3.8, 4) is 0 Å². The van der Waals surface area contributed by atoms with Gasteiger partial charge in [-0.05, 0) is 56.6 Å². The SMILES string of the molecule is COCC(O)CCC/C=C\C[C@H]1C(O)CC(O)[C@@H]1/C=C/C(O)CCc1ccc(Cl)s1. The Morgan fingerprint density at radius 2 is 2.00 bits per heavy atom. The summed E-state index contributed by atoms with van der Waals surface area (Å²) in [5, 5.41) is 40.6. The van der Waals surface area contributed by atoms with Gasteiger partial charge in [0.1, 0.15) is 0 Å². The van der Waals surface area contributed by atoms with Crippen LogP contribution in [-0.2, 0) is 11.2 Å². The largest absolute Gasteiger partial charge is 0.393 e. The van der Waals surface area contributed by atoms with Crippen molar-refractivity contribution in [3.63, 3.8) is 0 Å². The van der Waals surface area contributed by atoms with E-state index in [2.05, 4.69) is 6.08 Å². The molecule has 4 unspecified atom stereocenters. The zero-order valence-electron chi connectivity index (χ0n) is 17.6. The molecule has 1 aromatic rings. The molecular weight excluding hydrogens is 424 g/mol. The fourth-order valence-corrected chi connectivity index (χ4v) is 5.06. The van der Waals surface area contributed by atoms with Crippen LogP contribution in [0.2, 0.25) is 4.34 Å². The molecule has 0 saturated heterocycles. The lowest BCUT2D eigenvalue weighted by Gasteiger charge is -2.19. The molecule has 1 aliphatic rings. The van der Waals surface area contributed by atoms with Gasteiger partial charge in [0.15, 0.2) is 0 Å². The molecule has 2 rings (SSSR count). The van der Waals surface area contributed by atoms with Crippen LogP contribution in [0.3, 0.4) is 0 Å². The first-order valence-corrected chi connectivity index (χ1v) is 11.9. The predicted molar refractivity (Wildman–Crippen MR) is 122 cm³/mol. The van der Waals surface area contributed by atoms with Crippen molar-refractivity contribution in [2.45, 2.75) is 69.4 Å². The van der Waals surface area contributed by atoms with Gasteiger partial charge in [0.05, 0.1) is 35.4 Å². The number of allylic oxidation sites excluding steroid dienone is 2. The van der Waals surface area contributed by atoms with Gasteiger partial charge in [-0.15, -0.1) is 11.3 Å². The number of hydrogen-bond acceptors (Lipinski definition) is 6. The Labute approximate surface area is 188 Å². The molecule has 0 bridgehead atoms. The number of aliphatic hydroxyl groups excluding tert-OH is 4. The van der Waals surface area contributed by atoms with Crippen LogP contribution in [0, 0.1) is 11.8 Å². The highest BCUT2D eigenvalue weighted by Crippen LogP contribution is 2.36. The summed E-state index contributed by atoms with van der Waals surface area (Å²) in [5.74, 6) is -0.228. The Morgan fingerprint density at radius 1 is 1.20 bits per heavy atom. The number of halogens is 1. The van der Waals surface area contributed by atoms with Gasteiger partial charge in [0, 0.05) is 24.3 Å². The molecule has 0 amide bonds. The first-order chi connectivity index (χ1) is 14.4. The molecule has 1 saturated carbocycles. The number of unbranched alkanes of at least 4 members (excludes halogenated alkanes) is 1. The third-order valence-electron chi connectivity index (χ3n) is 5.63. The average molecular weight is 459 g/mol. The van der Waals surface area contributed by atoms with E-state index in [0.717, 1.165) is 28.5 Å². The molecule has 0 spiro atoms. The third-order valence-corrected chi connectivity index (χ3v) is 6.92. The van der Waals surface area contributed by atoms with Crippen LogP contribution < -0.4 is 0 Å². The summed E-state index contributed by atoms with van der Waals surface area (Å²) in [6, 6.07) is 3.83. The van der Waals surface area contributed by atoms with E-state index in [4.69, 9.17) is 16.3 Å². The lowest BCUT2D eigenvalue weighted by Crippen LogP contribution is -2.20. The number of aliphatic hydroxyl groups is 4. The molecule has 1 heterocycles. The molecular formula is C23H35ClO5S. The highest BCUT2D eigenvalue weighted by atomic mass is 35.5. The van der Waals surface area contributed by atoms with Crippen molar-refractivity contribution in [3.05, 3.63) is 45.7 Å². The Hall–Kier alpha value is -0.730. The predicted octanol–water partition coefficient (Wildman–Crippen LogP) is 3.73. The first kappa shape index (κ1) is 25.5. The second-order valence-electron chi connectivity index (χ2n) is 8.06. The van der Waals surface area contributed by atoms with Crippen LogP contribution in [0.5, 0.6) is 0 Å². The maximum absolute atomic E-state index is 10.3. The van der Waals surface area contributed by atoms with Gasteiger partial charge < -0.3 is 25.2 Å². The molecule has 7 heteroatoms. The third kappa shape index (κ3) is 8.79. The molecule has 1 aromatic heterocycles. The van der Waals surface area contributed by atoms with E-state index in [0.29, 0.717) is 32.3 Å². The van der Waals surface area contributed by atoms with Crippen molar-refractivity contribution in [1.29, 1.82) is 0 Å². The first-order valence-electron chi connectivity index (χ1n) is 10.7. The molecule has 0 aromatic carbocycles. The van der Waals surface area contributed by atoms with Gasteiger partial charge in [0.25, 0.3) is 0 Å². The van der Waals surface area contributed by atoms with Gasteiger partial charge in [-0.1, -0.05) is 35.9 Å². The summed E-state index contributed by atoms with van der Waals surface area (Å²) in [4.78, 5) is 1.14. The summed E-state index contributed by atoms with van der Waals surface area (Å²) in [7, 11) is 1.58. The lowest BCUT2D eigenvalue weighted by atomic mass is 9.89. The van der Waals surface area contributed by atoms with Gasteiger partial charge in [-0.3, -0.25) is 0 Å². The summed E-state index contributed by atoms with van der Waals surface area (Å²) >= 11 is 7.46. The molecule has 1 aliphatic carbocycles. The number of ether oxygens (including phenoxy) is 1. The zero-order valence-corrected chi connectivity index (χ0v) is 19.1. The van der Waals surface area contributed by atoms with E-state index in [1.807, 2.05) is 24.3 Å². The fraction of sp³-hybridized carbons (Fsp3) is 0.652. The van der Waals surface area contributed by atoms with E-state index in [-0.39, 0.29) is 11.8 Å². The molecule has 170 valence electrons. The second-order valence-corrected chi connectivity index (χ2v) is 9.86. The average Bonchev–Trinajstić information content (AvgIpc) is 3.23. The van der Waals surface area contributed by atoms with Crippen molar-refractivity contribution in [2.75, 3.05) is 13.7 Å². The van der Waals surface area contributed by atoms with Gasteiger partial charge >= 0.3 is 0 Å². The van der Waals surface area contributed by atoms with Gasteiger partial charge in [-0.2, -0.15) is 0 Å². The van der Waals surface area contributed by atoms with Crippen molar-refractivity contribution >= 4 is 22.9 Å². The maximum atomic E-state index is 10.3. The van der Waals surface area contributed by atoms with Crippen LogP contribution in [0.4, 0.5) is 0 Å². The standard InChI is InChI=1S/C23H35ClO5S/c1-29-15-17(26)6-4-2-3-5-7-19-20(22(28)14-21(19)27)12-9-16(25)8-10-18-11-13-23(24)30-18/h3,5,9,11-13,16-17,19-22,25-28H,2,4,6-8,10,14-15H2,1H3/b5-3-,12-9+/t16?,17?,19-,20-,21?,22?/m1/s1. The van der Waals surface area contributed by atoms with E-state index in [1.54, 1.807) is 13.2 Å². The Bertz CT molecular complexity index is 662. The molecule has 5 nitrogen and oxygen atoms in total. The van der Waals surface area contributed by atoms with Gasteiger partial charge in [0.2, 0.25) is 0 Å². The number of hydrogen-bond donors (Lipinski definition) is 4. The number of rotatable bonds is 13. The zero-order chi connectivity index (χ0) is 21.9.